The minimum Gasteiger partial charge on any atom is -0.340 e. The van der Waals surface area contributed by atoms with Crippen LogP contribution in [0, 0.1) is 0 Å². The number of hydrogen-bond donors (Lipinski definition) is 2. The summed E-state index contributed by atoms with van der Waals surface area (Å²) in [6, 6.07) is 7.80. The van der Waals surface area contributed by atoms with E-state index in [9.17, 15) is 9.59 Å². The second-order valence-electron chi connectivity index (χ2n) is 3.42. The average Bonchev–Trinajstić information content (AvgIpc) is 2.28. The first kappa shape index (κ1) is 12.2. The van der Waals surface area contributed by atoms with Gasteiger partial charge in [-0.2, -0.15) is 0 Å². The summed E-state index contributed by atoms with van der Waals surface area (Å²) < 4.78 is 0. The number of benzene rings is 1. The van der Waals surface area contributed by atoms with Gasteiger partial charge in [0.25, 0.3) is 11.8 Å². The largest absolute Gasteiger partial charge is 0.340 e. The molecule has 0 aromatic heterocycles. The Bertz CT molecular complexity index is 376. The molecular formula is C11H14N2O3. The van der Waals surface area contributed by atoms with Crippen LogP contribution in [0.4, 0.5) is 0 Å². The van der Waals surface area contributed by atoms with E-state index in [0.717, 1.165) is 0 Å². The molecule has 0 fully saturated rings. The fourth-order valence-corrected chi connectivity index (χ4v) is 1.21. The van der Waals surface area contributed by atoms with E-state index in [4.69, 9.17) is 5.21 Å². The van der Waals surface area contributed by atoms with Gasteiger partial charge in [-0.15, -0.1) is 0 Å². The Kier molecular flexibility index (Phi) is 4.02. The molecule has 86 valence electrons. The van der Waals surface area contributed by atoms with Crippen LogP contribution in [0.1, 0.15) is 17.3 Å². The molecule has 5 heteroatoms. The molecular weight excluding hydrogens is 208 g/mol. The SMILES string of the molecule is CC(NC(=O)c1ccccc1)C(=O)N(C)O. The van der Waals surface area contributed by atoms with Crippen LogP contribution in [0.5, 0.6) is 0 Å². The maximum absolute atomic E-state index is 11.6. The predicted molar refractivity (Wildman–Crippen MR) is 57.9 cm³/mol. The Morgan fingerprint density at radius 3 is 2.38 bits per heavy atom. The maximum atomic E-state index is 11.6. The third kappa shape index (κ3) is 3.06. The van der Waals surface area contributed by atoms with Crippen LogP contribution in [-0.4, -0.2) is 35.2 Å². The van der Waals surface area contributed by atoms with Crippen LogP contribution in [0.15, 0.2) is 30.3 Å². The lowest BCUT2D eigenvalue weighted by molar-refractivity contribution is -0.161. The second-order valence-corrected chi connectivity index (χ2v) is 3.42. The molecule has 1 rings (SSSR count). The average molecular weight is 222 g/mol. The van der Waals surface area contributed by atoms with Crippen LogP contribution in [0.25, 0.3) is 0 Å². The maximum Gasteiger partial charge on any atom is 0.267 e. The van der Waals surface area contributed by atoms with Gasteiger partial charge < -0.3 is 5.32 Å². The number of nitrogens with zero attached hydrogens (tertiary/aromatic N) is 1. The topological polar surface area (TPSA) is 69.6 Å². The third-order valence-electron chi connectivity index (χ3n) is 2.07. The van der Waals surface area contributed by atoms with E-state index in [2.05, 4.69) is 5.32 Å². The van der Waals surface area contributed by atoms with E-state index in [1.54, 1.807) is 30.3 Å². The summed E-state index contributed by atoms with van der Waals surface area (Å²) in [7, 11) is 1.22. The summed E-state index contributed by atoms with van der Waals surface area (Å²) >= 11 is 0. The molecule has 0 saturated heterocycles. The van der Waals surface area contributed by atoms with Gasteiger partial charge in [0.1, 0.15) is 6.04 Å². The Morgan fingerprint density at radius 1 is 1.31 bits per heavy atom. The minimum absolute atomic E-state index is 0.344. The van der Waals surface area contributed by atoms with Crippen molar-refractivity contribution in [2.75, 3.05) is 7.05 Å². The molecule has 0 bridgehead atoms. The van der Waals surface area contributed by atoms with Crippen molar-refractivity contribution in [1.29, 1.82) is 0 Å². The van der Waals surface area contributed by atoms with Crippen molar-refractivity contribution >= 4 is 11.8 Å². The third-order valence-corrected chi connectivity index (χ3v) is 2.07. The van der Waals surface area contributed by atoms with Crippen molar-refractivity contribution < 1.29 is 14.8 Å². The summed E-state index contributed by atoms with van der Waals surface area (Å²) in [4.78, 5) is 22.9. The monoisotopic (exact) mass is 222 g/mol. The number of carbonyl (C=O) groups excluding carboxylic acids is 2. The van der Waals surface area contributed by atoms with Crippen LogP contribution in [0.2, 0.25) is 0 Å². The van der Waals surface area contributed by atoms with Crippen LogP contribution < -0.4 is 5.32 Å². The highest BCUT2D eigenvalue weighted by molar-refractivity contribution is 5.97. The first-order chi connectivity index (χ1) is 7.52. The van der Waals surface area contributed by atoms with Crippen molar-refractivity contribution in [3.8, 4) is 0 Å². The zero-order valence-corrected chi connectivity index (χ0v) is 9.18. The van der Waals surface area contributed by atoms with Gasteiger partial charge in [0.15, 0.2) is 0 Å². The Balaban J connectivity index is 2.62. The normalized spacial score (nSPS) is 11.7. The Labute approximate surface area is 93.6 Å². The standard InChI is InChI=1S/C11H14N2O3/c1-8(11(15)13(2)16)12-10(14)9-6-4-3-5-7-9/h3-8,16H,1-2H3,(H,12,14). The minimum atomic E-state index is -0.761. The van der Waals surface area contributed by atoms with E-state index >= 15 is 0 Å². The van der Waals surface area contributed by atoms with Gasteiger partial charge in [0.2, 0.25) is 0 Å². The molecule has 0 radical (unpaired) electrons. The second kappa shape index (κ2) is 5.27. The van der Waals surface area contributed by atoms with Gasteiger partial charge in [-0.3, -0.25) is 14.8 Å². The van der Waals surface area contributed by atoms with Gasteiger partial charge in [-0.1, -0.05) is 18.2 Å². The Hall–Kier alpha value is -1.88. The molecule has 0 aliphatic heterocycles. The van der Waals surface area contributed by atoms with Crippen molar-refractivity contribution in [2.24, 2.45) is 0 Å². The van der Waals surface area contributed by atoms with Gasteiger partial charge in [-0.05, 0) is 19.1 Å². The highest BCUT2D eigenvalue weighted by Crippen LogP contribution is 1.99. The zero-order valence-electron chi connectivity index (χ0n) is 9.18. The smallest absolute Gasteiger partial charge is 0.267 e. The molecule has 0 aliphatic carbocycles. The molecule has 2 amide bonds. The van der Waals surface area contributed by atoms with Gasteiger partial charge in [0, 0.05) is 12.6 Å². The highest BCUT2D eigenvalue weighted by Gasteiger charge is 2.18. The molecule has 1 atom stereocenters. The lowest BCUT2D eigenvalue weighted by Gasteiger charge is -2.16. The number of rotatable bonds is 3. The van der Waals surface area contributed by atoms with Crippen molar-refractivity contribution in [3.63, 3.8) is 0 Å². The first-order valence-corrected chi connectivity index (χ1v) is 4.84. The van der Waals surface area contributed by atoms with E-state index in [-0.39, 0.29) is 5.91 Å². The van der Waals surface area contributed by atoms with E-state index < -0.39 is 11.9 Å². The number of amides is 2. The lowest BCUT2D eigenvalue weighted by Crippen LogP contribution is -2.44. The number of hydrogen-bond acceptors (Lipinski definition) is 3. The molecule has 0 spiro atoms. The summed E-state index contributed by atoms with van der Waals surface area (Å²) in [6.45, 7) is 1.51. The van der Waals surface area contributed by atoms with Crippen LogP contribution in [-0.2, 0) is 4.79 Å². The molecule has 0 saturated carbocycles. The van der Waals surface area contributed by atoms with E-state index in [1.807, 2.05) is 0 Å². The fourth-order valence-electron chi connectivity index (χ4n) is 1.21. The van der Waals surface area contributed by atoms with Crippen molar-refractivity contribution in [2.45, 2.75) is 13.0 Å². The van der Waals surface area contributed by atoms with Gasteiger partial charge >= 0.3 is 0 Å². The zero-order chi connectivity index (χ0) is 12.1. The van der Waals surface area contributed by atoms with Crippen molar-refractivity contribution in [3.05, 3.63) is 35.9 Å². The predicted octanol–water partition coefficient (Wildman–Crippen LogP) is 0.652. The first-order valence-electron chi connectivity index (χ1n) is 4.84. The summed E-state index contributed by atoms with van der Waals surface area (Å²) in [5, 5.41) is 11.8. The van der Waals surface area contributed by atoms with Crippen LogP contribution in [0.3, 0.4) is 0 Å². The molecule has 1 unspecified atom stereocenters. The van der Waals surface area contributed by atoms with Gasteiger partial charge in [-0.25, -0.2) is 5.06 Å². The van der Waals surface area contributed by atoms with E-state index in [1.165, 1.54) is 14.0 Å². The summed E-state index contributed by atoms with van der Waals surface area (Å²) in [5.74, 6) is -0.910. The number of hydroxylamine groups is 2. The van der Waals surface area contributed by atoms with Crippen molar-refractivity contribution in [1.82, 2.24) is 10.4 Å². The van der Waals surface area contributed by atoms with E-state index in [0.29, 0.717) is 10.6 Å². The molecule has 1 aromatic carbocycles. The molecule has 1 aromatic rings. The summed E-state index contributed by atoms with van der Waals surface area (Å²) in [6.07, 6.45) is 0. The van der Waals surface area contributed by atoms with Gasteiger partial charge in [0.05, 0.1) is 0 Å². The number of likely N-dealkylation sites (N-methyl/N-ethyl adjacent to an activating group) is 1. The number of carbonyl (C=O) groups is 2. The molecule has 5 nitrogen and oxygen atoms in total. The molecule has 0 heterocycles. The fraction of sp³-hybridized carbons (Fsp3) is 0.273. The molecule has 2 N–H and O–H groups in total. The quantitative estimate of drug-likeness (QED) is 0.583. The highest BCUT2D eigenvalue weighted by atomic mass is 16.5. The lowest BCUT2D eigenvalue weighted by atomic mass is 10.2. The van der Waals surface area contributed by atoms with Crippen LogP contribution >= 0.6 is 0 Å². The molecule has 16 heavy (non-hydrogen) atoms. The number of nitrogens with one attached hydrogen (secondary N) is 1. The molecule has 0 aliphatic rings. The summed E-state index contributed by atoms with van der Waals surface area (Å²) in [5.41, 5.74) is 0.475. The Morgan fingerprint density at radius 2 is 1.88 bits per heavy atom.